The van der Waals surface area contributed by atoms with Gasteiger partial charge in [0.25, 0.3) is 0 Å². The van der Waals surface area contributed by atoms with Gasteiger partial charge < -0.3 is 9.47 Å². The molecule has 0 aliphatic carbocycles. The van der Waals surface area contributed by atoms with Crippen LogP contribution < -0.4 is 4.74 Å². The fourth-order valence-electron chi connectivity index (χ4n) is 1.93. The van der Waals surface area contributed by atoms with Gasteiger partial charge in [0.1, 0.15) is 5.75 Å². The smallest absolute Gasteiger partial charge is 0.313 e. The Morgan fingerprint density at radius 2 is 2.11 bits per heavy atom. The molecule has 1 aromatic rings. The minimum atomic E-state index is -0.316. The number of halogens is 1. The van der Waals surface area contributed by atoms with E-state index in [1.54, 1.807) is 25.3 Å². The van der Waals surface area contributed by atoms with Crippen LogP contribution in [0.4, 0.5) is 0 Å². The Balaban J connectivity index is 3.10. The molecule has 1 aromatic carbocycles. The molecular weight excluding hydrogens is 252 g/mol. The van der Waals surface area contributed by atoms with Crippen molar-refractivity contribution in [1.29, 1.82) is 0 Å². The number of benzene rings is 1. The molecule has 0 saturated heterocycles. The van der Waals surface area contributed by atoms with Crippen LogP contribution in [-0.2, 0) is 9.53 Å². The molecule has 0 aliphatic rings. The normalized spacial score (nSPS) is 12.0. The Morgan fingerprint density at radius 3 is 2.67 bits per heavy atom. The third-order valence-electron chi connectivity index (χ3n) is 2.90. The second-order valence-electron chi connectivity index (χ2n) is 4.10. The number of carbonyl (C=O) groups excluding carboxylic acids is 1. The summed E-state index contributed by atoms with van der Waals surface area (Å²) in [5.41, 5.74) is 0.797. The van der Waals surface area contributed by atoms with E-state index in [2.05, 4.69) is 6.92 Å². The van der Waals surface area contributed by atoms with Gasteiger partial charge in [0.05, 0.1) is 20.1 Å². The van der Waals surface area contributed by atoms with Gasteiger partial charge in [-0.3, -0.25) is 4.79 Å². The number of ether oxygens (including phenoxy) is 2. The van der Waals surface area contributed by atoms with Crippen LogP contribution >= 0.6 is 11.6 Å². The first kappa shape index (κ1) is 14.8. The fraction of sp³-hybridized carbons (Fsp3) is 0.500. The highest BCUT2D eigenvalue weighted by Crippen LogP contribution is 2.33. The lowest BCUT2D eigenvalue weighted by atomic mass is 9.93. The molecule has 0 bridgehead atoms. The van der Waals surface area contributed by atoms with Gasteiger partial charge in [-0.1, -0.05) is 31.4 Å². The summed E-state index contributed by atoms with van der Waals surface area (Å²) in [6.07, 6.45) is 2.71. The predicted octanol–water partition coefficient (Wildman–Crippen LogP) is 3.80. The predicted molar refractivity (Wildman–Crippen MR) is 72.3 cm³/mol. The molecule has 1 unspecified atom stereocenters. The van der Waals surface area contributed by atoms with E-state index >= 15 is 0 Å². The largest absolute Gasteiger partial charge is 0.496 e. The third-order valence-corrected chi connectivity index (χ3v) is 3.13. The molecule has 0 aromatic heterocycles. The first-order valence-corrected chi connectivity index (χ1v) is 6.43. The van der Waals surface area contributed by atoms with Crippen LogP contribution in [0.2, 0.25) is 5.02 Å². The molecule has 4 heteroatoms. The summed E-state index contributed by atoms with van der Waals surface area (Å²) in [5.74, 6) is 0.110. The number of methoxy groups -OCH3 is 2. The van der Waals surface area contributed by atoms with E-state index in [0.717, 1.165) is 24.8 Å². The van der Waals surface area contributed by atoms with E-state index < -0.39 is 0 Å². The number of hydrogen-bond donors (Lipinski definition) is 0. The molecule has 0 saturated carbocycles. The first-order chi connectivity index (χ1) is 8.63. The Hall–Kier alpha value is -1.22. The Labute approximate surface area is 113 Å². The van der Waals surface area contributed by atoms with Crippen molar-refractivity contribution in [3.8, 4) is 5.75 Å². The summed E-state index contributed by atoms with van der Waals surface area (Å²) in [7, 11) is 2.99. The summed E-state index contributed by atoms with van der Waals surface area (Å²) in [6, 6.07) is 5.30. The molecule has 0 fully saturated rings. The number of esters is 1. The number of unbranched alkanes of at least 4 members (excludes halogenated alkanes) is 1. The topological polar surface area (TPSA) is 35.5 Å². The van der Waals surface area contributed by atoms with Crippen molar-refractivity contribution in [1.82, 2.24) is 0 Å². The van der Waals surface area contributed by atoms with Crippen LogP contribution in [0.5, 0.6) is 5.75 Å². The van der Waals surface area contributed by atoms with E-state index in [0.29, 0.717) is 10.8 Å². The van der Waals surface area contributed by atoms with Gasteiger partial charge in [0.2, 0.25) is 0 Å². The molecule has 0 amide bonds. The number of hydrogen-bond acceptors (Lipinski definition) is 3. The highest BCUT2D eigenvalue weighted by atomic mass is 35.5. The lowest BCUT2D eigenvalue weighted by Gasteiger charge is -2.17. The van der Waals surface area contributed by atoms with E-state index in [9.17, 15) is 4.79 Å². The molecule has 0 aliphatic heterocycles. The molecule has 1 atom stereocenters. The zero-order valence-electron chi connectivity index (χ0n) is 11.0. The van der Waals surface area contributed by atoms with E-state index in [-0.39, 0.29) is 11.9 Å². The lowest BCUT2D eigenvalue weighted by molar-refractivity contribution is -0.142. The first-order valence-electron chi connectivity index (χ1n) is 6.05. The van der Waals surface area contributed by atoms with Gasteiger partial charge in [-0.2, -0.15) is 0 Å². The molecule has 0 radical (unpaired) electrons. The van der Waals surface area contributed by atoms with Gasteiger partial charge >= 0.3 is 5.97 Å². The Bertz CT molecular complexity index is 404. The maximum Gasteiger partial charge on any atom is 0.313 e. The maximum atomic E-state index is 11.9. The summed E-state index contributed by atoms with van der Waals surface area (Å²) in [6.45, 7) is 2.09. The fourth-order valence-corrected chi connectivity index (χ4v) is 2.11. The zero-order valence-corrected chi connectivity index (χ0v) is 11.8. The molecule has 1 rings (SSSR count). The van der Waals surface area contributed by atoms with Crippen molar-refractivity contribution in [2.75, 3.05) is 14.2 Å². The quantitative estimate of drug-likeness (QED) is 0.738. The molecule has 0 spiro atoms. The van der Waals surface area contributed by atoms with Crippen molar-refractivity contribution < 1.29 is 14.3 Å². The van der Waals surface area contributed by atoms with Crippen LogP contribution in [-0.4, -0.2) is 20.2 Å². The third kappa shape index (κ3) is 3.64. The number of rotatable bonds is 6. The van der Waals surface area contributed by atoms with Gasteiger partial charge in [0.15, 0.2) is 0 Å². The maximum absolute atomic E-state index is 11.9. The van der Waals surface area contributed by atoms with Crippen molar-refractivity contribution in [3.63, 3.8) is 0 Å². The van der Waals surface area contributed by atoms with Crippen molar-refractivity contribution in [2.45, 2.75) is 32.1 Å². The molecule has 18 heavy (non-hydrogen) atoms. The van der Waals surface area contributed by atoms with Crippen molar-refractivity contribution in [3.05, 3.63) is 28.8 Å². The SMILES string of the molecule is CCCCC(C(=O)OC)c1cc(Cl)ccc1OC. The second-order valence-corrected chi connectivity index (χ2v) is 4.54. The van der Waals surface area contributed by atoms with Crippen molar-refractivity contribution in [2.24, 2.45) is 0 Å². The second kappa shape index (κ2) is 7.27. The standard InChI is InChI=1S/C14H19ClO3/c1-4-5-6-11(14(16)18-3)12-9-10(15)7-8-13(12)17-2/h7-9,11H,4-6H2,1-3H3. The summed E-state index contributed by atoms with van der Waals surface area (Å²) in [4.78, 5) is 11.9. The van der Waals surface area contributed by atoms with Crippen LogP contribution in [0.15, 0.2) is 18.2 Å². The highest BCUT2D eigenvalue weighted by molar-refractivity contribution is 6.30. The van der Waals surface area contributed by atoms with Crippen LogP contribution in [0.1, 0.15) is 37.7 Å². The van der Waals surface area contributed by atoms with Gasteiger partial charge in [-0.15, -0.1) is 0 Å². The number of carbonyl (C=O) groups is 1. The van der Waals surface area contributed by atoms with Gasteiger partial charge in [-0.25, -0.2) is 0 Å². The van der Waals surface area contributed by atoms with Gasteiger partial charge in [-0.05, 0) is 24.6 Å². The van der Waals surface area contributed by atoms with Crippen LogP contribution in [0.25, 0.3) is 0 Å². The Kier molecular flexibility index (Phi) is 5.99. The molecule has 3 nitrogen and oxygen atoms in total. The van der Waals surface area contributed by atoms with Crippen LogP contribution in [0, 0.1) is 0 Å². The average molecular weight is 271 g/mol. The molecular formula is C14H19ClO3. The van der Waals surface area contributed by atoms with E-state index in [1.807, 2.05) is 0 Å². The van der Waals surface area contributed by atoms with E-state index in [1.165, 1.54) is 7.11 Å². The molecule has 100 valence electrons. The minimum absolute atomic E-state index is 0.246. The van der Waals surface area contributed by atoms with E-state index in [4.69, 9.17) is 21.1 Å². The summed E-state index contributed by atoms with van der Waals surface area (Å²) < 4.78 is 10.2. The monoisotopic (exact) mass is 270 g/mol. The van der Waals surface area contributed by atoms with Crippen LogP contribution in [0.3, 0.4) is 0 Å². The lowest BCUT2D eigenvalue weighted by Crippen LogP contribution is -2.15. The summed E-state index contributed by atoms with van der Waals surface area (Å²) >= 11 is 5.99. The summed E-state index contributed by atoms with van der Waals surface area (Å²) in [5, 5.41) is 0.594. The molecule has 0 heterocycles. The van der Waals surface area contributed by atoms with Gasteiger partial charge in [0, 0.05) is 10.6 Å². The zero-order chi connectivity index (χ0) is 13.5. The highest BCUT2D eigenvalue weighted by Gasteiger charge is 2.24. The minimum Gasteiger partial charge on any atom is -0.496 e. The van der Waals surface area contributed by atoms with Crippen molar-refractivity contribution >= 4 is 17.6 Å². The Morgan fingerprint density at radius 1 is 1.39 bits per heavy atom. The molecule has 0 N–H and O–H groups in total. The average Bonchev–Trinajstić information content (AvgIpc) is 2.39.